The van der Waals surface area contributed by atoms with Crippen LogP contribution >= 0.6 is 11.3 Å². The lowest BCUT2D eigenvalue weighted by Gasteiger charge is -2.31. The Morgan fingerprint density at radius 3 is 3.00 bits per heavy atom. The molecule has 0 bridgehead atoms. The van der Waals surface area contributed by atoms with Gasteiger partial charge in [0.2, 0.25) is 0 Å². The minimum absolute atomic E-state index is 0.834. The third-order valence-corrected chi connectivity index (χ3v) is 4.98. The van der Waals surface area contributed by atoms with Crippen LogP contribution in [0.15, 0.2) is 28.1 Å². The first-order valence-corrected chi connectivity index (χ1v) is 8.65. The van der Waals surface area contributed by atoms with Crippen molar-refractivity contribution in [1.29, 1.82) is 0 Å². The maximum Gasteiger partial charge on any atom is 0.177 e. The highest BCUT2D eigenvalue weighted by molar-refractivity contribution is 7.13. The van der Waals surface area contributed by atoms with Gasteiger partial charge in [-0.2, -0.15) is 0 Å². The van der Waals surface area contributed by atoms with E-state index in [1.165, 1.54) is 12.8 Å². The molecule has 0 radical (unpaired) electrons. The van der Waals surface area contributed by atoms with E-state index in [2.05, 4.69) is 39.8 Å². The van der Waals surface area contributed by atoms with Gasteiger partial charge in [0, 0.05) is 12.6 Å². The first-order chi connectivity index (χ1) is 10.3. The standard InChI is InChI=1S/C16H23N3OS/c1-2-17-11-13-5-7-19(8-6-13)12-14-10-15(20-18-14)16-4-3-9-21-16/h3-4,9-10,13,17H,2,5-8,11-12H2,1H3. The number of hydrogen-bond donors (Lipinski definition) is 1. The molecule has 2 aromatic rings. The van der Waals surface area contributed by atoms with Gasteiger partial charge in [-0.15, -0.1) is 11.3 Å². The number of rotatable bonds is 6. The lowest BCUT2D eigenvalue weighted by atomic mass is 9.96. The fourth-order valence-corrected chi connectivity index (χ4v) is 3.52. The molecule has 5 heteroatoms. The Labute approximate surface area is 130 Å². The van der Waals surface area contributed by atoms with E-state index in [1.807, 2.05) is 6.07 Å². The number of piperidine rings is 1. The van der Waals surface area contributed by atoms with Crippen molar-refractivity contribution < 1.29 is 4.52 Å². The zero-order valence-electron chi connectivity index (χ0n) is 12.5. The Balaban J connectivity index is 1.49. The van der Waals surface area contributed by atoms with E-state index >= 15 is 0 Å². The monoisotopic (exact) mass is 305 g/mol. The molecule has 4 nitrogen and oxygen atoms in total. The van der Waals surface area contributed by atoms with Crippen molar-refractivity contribution in [3.05, 3.63) is 29.3 Å². The molecule has 0 amide bonds. The molecule has 1 saturated heterocycles. The number of likely N-dealkylation sites (tertiary alicyclic amines) is 1. The Bertz CT molecular complexity index is 529. The van der Waals surface area contributed by atoms with Crippen molar-refractivity contribution in [3.8, 4) is 10.6 Å². The van der Waals surface area contributed by atoms with Crippen LogP contribution in [0.5, 0.6) is 0 Å². The summed E-state index contributed by atoms with van der Waals surface area (Å²) in [4.78, 5) is 3.64. The predicted octanol–water partition coefficient (Wildman–Crippen LogP) is 3.22. The van der Waals surface area contributed by atoms with Crippen LogP contribution in [-0.4, -0.2) is 36.2 Å². The highest BCUT2D eigenvalue weighted by atomic mass is 32.1. The van der Waals surface area contributed by atoms with Gasteiger partial charge in [0.15, 0.2) is 5.76 Å². The molecule has 0 aromatic carbocycles. The second-order valence-electron chi connectivity index (χ2n) is 5.69. The molecule has 0 spiro atoms. The summed E-state index contributed by atoms with van der Waals surface area (Å²) in [7, 11) is 0. The van der Waals surface area contributed by atoms with E-state index in [0.717, 1.165) is 55.0 Å². The SMILES string of the molecule is CCNCC1CCN(Cc2cc(-c3cccs3)on2)CC1. The maximum absolute atomic E-state index is 5.45. The fraction of sp³-hybridized carbons (Fsp3) is 0.562. The van der Waals surface area contributed by atoms with Gasteiger partial charge >= 0.3 is 0 Å². The van der Waals surface area contributed by atoms with Crippen molar-refractivity contribution in [2.24, 2.45) is 5.92 Å². The van der Waals surface area contributed by atoms with Crippen LogP contribution in [0.1, 0.15) is 25.5 Å². The average molecular weight is 305 g/mol. The van der Waals surface area contributed by atoms with Gasteiger partial charge in [-0.1, -0.05) is 18.1 Å². The number of nitrogens with zero attached hydrogens (tertiary/aromatic N) is 2. The molecule has 1 aliphatic rings. The van der Waals surface area contributed by atoms with Gasteiger partial charge in [0.25, 0.3) is 0 Å². The number of aromatic nitrogens is 1. The minimum Gasteiger partial charge on any atom is -0.355 e. The summed E-state index contributed by atoms with van der Waals surface area (Å²) in [5.74, 6) is 1.72. The van der Waals surface area contributed by atoms with Crippen LogP contribution in [0.2, 0.25) is 0 Å². The third-order valence-electron chi connectivity index (χ3n) is 4.10. The summed E-state index contributed by atoms with van der Waals surface area (Å²) in [5, 5.41) is 9.73. The molecule has 3 rings (SSSR count). The highest BCUT2D eigenvalue weighted by Gasteiger charge is 2.20. The van der Waals surface area contributed by atoms with Crippen LogP contribution in [0, 0.1) is 5.92 Å². The summed E-state index contributed by atoms with van der Waals surface area (Å²) in [6.07, 6.45) is 2.56. The first-order valence-electron chi connectivity index (χ1n) is 7.77. The third kappa shape index (κ3) is 3.93. The van der Waals surface area contributed by atoms with Crippen molar-refractivity contribution in [1.82, 2.24) is 15.4 Å². The lowest BCUT2D eigenvalue weighted by molar-refractivity contribution is 0.172. The minimum atomic E-state index is 0.834. The largest absolute Gasteiger partial charge is 0.355 e. The molecule has 0 unspecified atom stereocenters. The van der Waals surface area contributed by atoms with Gasteiger partial charge in [-0.3, -0.25) is 4.90 Å². The van der Waals surface area contributed by atoms with Crippen LogP contribution in [-0.2, 0) is 6.54 Å². The zero-order chi connectivity index (χ0) is 14.5. The quantitative estimate of drug-likeness (QED) is 0.889. The summed E-state index contributed by atoms with van der Waals surface area (Å²) >= 11 is 1.69. The van der Waals surface area contributed by atoms with Gasteiger partial charge in [0.1, 0.15) is 0 Å². The molecular formula is C16H23N3OS. The highest BCUT2D eigenvalue weighted by Crippen LogP contribution is 2.26. The second kappa shape index (κ2) is 7.20. The van der Waals surface area contributed by atoms with E-state index in [-0.39, 0.29) is 0 Å². The molecular weight excluding hydrogens is 282 g/mol. The van der Waals surface area contributed by atoms with E-state index in [4.69, 9.17) is 4.52 Å². The van der Waals surface area contributed by atoms with E-state index in [0.29, 0.717) is 0 Å². The molecule has 1 aliphatic heterocycles. The van der Waals surface area contributed by atoms with Crippen molar-refractivity contribution in [3.63, 3.8) is 0 Å². The molecule has 0 atom stereocenters. The number of thiophene rings is 1. The fourth-order valence-electron chi connectivity index (χ4n) is 2.85. The maximum atomic E-state index is 5.45. The first kappa shape index (κ1) is 14.8. The molecule has 0 saturated carbocycles. The predicted molar refractivity (Wildman–Crippen MR) is 86.4 cm³/mol. The van der Waals surface area contributed by atoms with E-state index < -0.39 is 0 Å². The second-order valence-corrected chi connectivity index (χ2v) is 6.63. The topological polar surface area (TPSA) is 41.3 Å². The Morgan fingerprint density at radius 2 is 2.29 bits per heavy atom. The van der Waals surface area contributed by atoms with Crippen molar-refractivity contribution in [2.45, 2.75) is 26.3 Å². The van der Waals surface area contributed by atoms with Gasteiger partial charge < -0.3 is 9.84 Å². The molecule has 1 fully saturated rings. The smallest absolute Gasteiger partial charge is 0.177 e. The van der Waals surface area contributed by atoms with Gasteiger partial charge in [0.05, 0.1) is 10.6 Å². The van der Waals surface area contributed by atoms with Crippen LogP contribution < -0.4 is 5.32 Å². The molecule has 1 N–H and O–H groups in total. The van der Waals surface area contributed by atoms with Crippen LogP contribution in [0.4, 0.5) is 0 Å². The van der Waals surface area contributed by atoms with Crippen LogP contribution in [0.25, 0.3) is 10.6 Å². The number of hydrogen-bond acceptors (Lipinski definition) is 5. The Hall–Kier alpha value is -1.17. The summed E-state index contributed by atoms with van der Waals surface area (Å²) in [6, 6.07) is 6.19. The summed E-state index contributed by atoms with van der Waals surface area (Å²) < 4.78 is 5.45. The van der Waals surface area contributed by atoms with E-state index in [9.17, 15) is 0 Å². The molecule has 3 heterocycles. The normalized spacial score (nSPS) is 17.4. The molecule has 0 aliphatic carbocycles. The zero-order valence-corrected chi connectivity index (χ0v) is 13.4. The van der Waals surface area contributed by atoms with Gasteiger partial charge in [-0.05, 0) is 56.4 Å². The Kier molecular flexibility index (Phi) is 5.06. The molecule has 2 aromatic heterocycles. The summed E-state index contributed by atoms with van der Waals surface area (Å²) in [6.45, 7) is 7.64. The van der Waals surface area contributed by atoms with E-state index in [1.54, 1.807) is 11.3 Å². The van der Waals surface area contributed by atoms with Crippen molar-refractivity contribution in [2.75, 3.05) is 26.2 Å². The Morgan fingerprint density at radius 1 is 1.43 bits per heavy atom. The van der Waals surface area contributed by atoms with Crippen LogP contribution in [0.3, 0.4) is 0 Å². The number of nitrogens with one attached hydrogen (secondary N) is 1. The lowest BCUT2D eigenvalue weighted by Crippen LogP contribution is -2.36. The van der Waals surface area contributed by atoms with Crippen molar-refractivity contribution >= 4 is 11.3 Å². The summed E-state index contributed by atoms with van der Waals surface area (Å²) in [5.41, 5.74) is 1.04. The molecule has 21 heavy (non-hydrogen) atoms. The average Bonchev–Trinajstić information content (AvgIpc) is 3.17. The molecule has 114 valence electrons. The van der Waals surface area contributed by atoms with Gasteiger partial charge in [-0.25, -0.2) is 0 Å².